The van der Waals surface area contributed by atoms with Gasteiger partial charge >= 0.3 is 0 Å². The Bertz CT molecular complexity index is 801. The fourth-order valence-corrected chi connectivity index (χ4v) is 2.75. The largest absolute Gasteiger partial charge is 0.496 e. The highest BCUT2D eigenvalue weighted by molar-refractivity contribution is 9.10. The number of nitrogens with one attached hydrogen (secondary N) is 1. The fourth-order valence-electron chi connectivity index (χ4n) is 1.77. The lowest BCUT2D eigenvalue weighted by Crippen LogP contribution is -2.15. The van der Waals surface area contributed by atoms with Crippen LogP contribution < -0.4 is 10.3 Å². The topological polar surface area (TPSA) is 78.8 Å². The fraction of sp³-hybridized carbons (Fsp3) is 0.154. The summed E-state index contributed by atoms with van der Waals surface area (Å²) in [5.41, 5.74) is -0.199. The van der Waals surface area contributed by atoms with E-state index in [1.54, 1.807) is 6.26 Å². The number of methoxy groups -OCH3 is 1. The number of halogens is 2. The van der Waals surface area contributed by atoms with Crippen LogP contribution >= 0.6 is 27.7 Å². The highest BCUT2D eigenvalue weighted by Crippen LogP contribution is 2.37. The van der Waals surface area contributed by atoms with Crippen molar-refractivity contribution in [1.29, 1.82) is 5.26 Å². The minimum absolute atomic E-state index is 0.148. The summed E-state index contributed by atoms with van der Waals surface area (Å²) in [7, 11) is 1.37. The molecule has 0 saturated carbocycles. The number of hydrogen-bond acceptors (Lipinski definition) is 5. The van der Waals surface area contributed by atoms with E-state index in [9.17, 15) is 14.4 Å². The van der Waals surface area contributed by atoms with Crippen molar-refractivity contribution in [2.24, 2.45) is 0 Å². The maximum atomic E-state index is 13.5. The number of nitriles is 1. The summed E-state index contributed by atoms with van der Waals surface area (Å²) in [6, 6.07) is 4.21. The van der Waals surface area contributed by atoms with Gasteiger partial charge in [-0.2, -0.15) is 5.26 Å². The molecule has 0 amide bonds. The summed E-state index contributed by atoms with van der Waals surface area (Å²) in [6.07, 6.45) is 1.74. The van der Waals surface area contributed by atoms with Crippen LogP contribution in [0.1, 0.15) is 5.56 Å². The molecule has 0 aliphatic carbocycles. The molecule has 0 fully saturated rings. The number of nitrogens with zero attached hydrogens (tertiary/aromatic N) is 2. The molecule has 0 aliphatic heterocycles. The average Bonchev–Trinajstić information content (AvgIpc) is 2.45. The van der Waals surface area contributed by atoms with Crippen molar-refractivity contribution >= 4 is 27.7 Å². The molecule has 1 aromatic carbocycles. The van der Waals surface area contributed by atoms with Gasteiger partial charge in [-0.25, -0.2) is 9.37 Å². The maximum Gasteiger partial charge on any atom is 0.270 e. The van der Waals surface area contributed by atoms with Gasteiger partial charge in [-0.1, -0.05) is 11.8 Å². The van der Waals surface area contributed by atoms with E-state index in [0.717, 1.165) is 0 Å². The molecule has 0 bridgehead atoms. The summed E-state index contributed by atoms with van der Waals surface area (Å²) in [5.74, 6) is -0.320. The number of H-pyrrole nitrogens is 1. The van der Waals surface area contributed by atoms with Crippen molar-refractivity contribution in [3.63, 3.8) is 0 Å². The van der Waals surface area contributed by atoms with Crippen molar-refractivity contribution < 1.29 is 9.13 Å². The van der Waals surface area contributed by atoms with E-state index in [2.05, 4.69) is 25.9 Å². The molecule has 8 heteroatoms. The molecule has 0 aliphatic rings. The summed E-state index contributed by atoms with van der Waals surface area (Å²) in [6.45, 7) is 0. The Morgan fingerprint density at radius 1 is 1.52 bits per heavy atom. The number of ether oxygens (including phenoxy) is 1. The monoisotopic (exact) mass is 369 g/mol. The van der Waals surface area contributed by atoms with Gasteiger partial charge in [0, 0.05) is 10.5 Å². The lowest BCUT2D eigenvalue weighted by atomic mass is 10.1. The van der Waals surface area contributed by atoms with Crippen LogP contribution in [0, 0.1) is 17.1 Å². The Labute approximate surface area is 132 Å². The van der Waals surface area contributed by atoms with E-state index in [4.69, 9.17) is 4.74 Å². The third-order valence-electron chi connectivity index (χ3n) is 2.68. The molecular formula is C13H9BrFN3O2S. The summed E-state index contributed by atoms with van der Waals surface area (Å²) in [4.78, 5) is 18.7. The Balaban J connectivity index is 2.87. The minimum atomic E-state index is -0.551. The van der Waals surface area contributed by atoms with Crippen LogP contribution in [0.2, 0.25) is 0 Å². The molecule has 1 heterocycles. The molecule has 2 rings (SSSR count). The zero-order chi connectivity index (χ0) is 15.6. The molecule has 1 N–H and O–H groups in total. The minimum Gasteiger partial charge on any atom is -0.496 e. The molecule has 1 aromatic heterocycles. The smallest absolute Gasteiger partial charge is 0.270 e. The van der Waals surface area contributed by atoms with Crippen molar-refractivity contribution in [2.75, 3.05) is 13.4 Å². The molecule has 21 heavy (non-hydrogen) atoms. The molecule has 0 atom stereocenters. The number of aromatic amines is 1. The van der Waals surface area contributed by atoms with Gasteiger partial charge in [-0.3, -0.25) is 4.79 Å². The van der Waals surface area contributed by atoms with E-state index in [1.807, 2.05) is 6.07 Å². The van der Waals surface area contributed by atoms with Crippen molar-refractivity contribution in [1.82, 2.24) is 9.97 Å². The lowest BCUT2D eigenvalue weighted by molar-refractivity contribution is 0.412. The standard InChI is InChI=1S/C13H9BrFN3O2S/c1-20-9-4-6(15)3-8(14)10(9)11-7(5-16)12(19)18-13(17-11)21-2/h3-4H,1-2H3,(H,17,18,19). The van der Waals surface area contributed by atoms with Crippen LogP contribution in [0.4, 0.5) is 4.39 Å². The molecule has 0 unspecified atom stereocenters. The lowest BCUT2D eigenvalue weighted by Gasteiger charge is -2.12. The molecule has 108 valence electrons. The van der Waals surface area contributed by atoms with E-state index in [1.165, 1.54) is 31.0 Å². The van der Waals surface area contributed by atoms with Gasteiger partial charge < -0.3 is 9.72 Å². The predicted octanol–water partition coefficient (Wildman–Crippen LogP) is 2.94. The highest BCUT2D eigenvalue weighted by atomic mass is 79.9. The molecule has 2 aromatic rings. The molecule has 0 saturated heterocycles. The first kappa shape index (κ1) is 15.5. The van der Waals surface area contributed by atoms with Crippen LogP contribution in [0.25, 0.3) is 11.3 Å². The first-order valence-electron chi connectivity index (χ1n) is 5.63. The van der Waals surface area contributed by atoms with E-state index < -0.39 is 11.4 Å². The van der Waals surface area contributed by atoms with Gasteiger partial charge in [0.2, 0.25) is 0 Å². The first-order chi connectivity index (χ1) is 10.0. The highest BCUT2D eigenvalue weighted by Gasteiger charge is 2.20. The second-order valence-electron chi connectivity index (χ2n) is 3.88. The van der Waals surface area contributed by atoms with Gasteiger partial charge in [-0.05, 0) is 28.3 Å². The molecule has 0 radical (unpaired) electrons. The number of rotatable bonds is 3. The number of hydrogen-bond donors (Lipinski definition) is 1. The Hall–Kier alpha value is -1.85. The number of thioether (sulfide) groups is 1. The molecular weight excluding hydrogens is 361 g/mol. The summed E-state index contributed by atoms with van der Waals surface area (Å²) < 4.78 is 18.9. The summed E-state index contributed by atoms with van der Waals surface area (Å²) >= 11 is 4.45. The molecule has 0 spiro atoms. The van der Waals surface area contributed by atoms with Gasteiger partial charge in [0.15, 0.2) is 5.16 Å². The van der Waals surface area contributed by atoms with Crippen LogP contribution in [0.15, 0.2) is 26.6 Å². The van der Waals surface area contributed by atoms with E-state index >= 15 is 0 Å². The second kappa shape index (κ2) is 6.28. The SMILES string of the molecule is COc1cc(F)cc(Br)c1-c1nc(SC)[nH]c(=O)c1C#N. The normalized spacial score (nSPS) is 10.2. The van der Waals surface area contributed by atoms with Crippen molar-refractivity contribution in [3.8, 4) is 23.1 Å². The van der Waals surface area contributed by atoms with E-state index in [0.29, 0.717) is 15.2 Å². The average molecular weight is 370 g/mol. The van der Waals surface area contributed by atoms with Crippen molar-refractivity contribution in [3.05, 3.63) is 38.3 Å². The quantitative estimate of drug-likeness (QED) is 0.664. The van der Waals surface area contributed by atoms with Gasteiger partial charge in [-0.15, -0.1) is 0 Å². The predicted molar refractivity (Wildman–Crippen MR) is 81.0 cm³/mol. The van der Waals surface area contributed by atoms with Gasteiger partial charge in [0.1, 0.15) is 28.9 Å². The Morgan fingerprint density at radius 2 is 2.24 bits per heavy atom. The second-order valence-corrected chi connectivity index (χ2v) is 5.52. The van der Waals surface area contributed by atoms with Gasteiger partial charge in [0.05, 0.1) is 12.7 Å². The van der Waals surface area contributed by atoms with Crippen LogP contribution in [-0.2, 0) is 0 Å². The maximum absolute atomic E-state index is 13.5. The van der Waals surface area contributed by atoms with Crippen LogP contribution in [-0.4, -0.2) is 23.3 Å². The van der Waals surface area contributed by atoms with Gasteiger partial charge in [0.25, 0.3) is 5.56 Å². The number of aromatic nitrogens is 2. The van der Waals surface area contributed by atoms with Crippen molar-refractivity contribution in [2.45, 2.75) is 5.16 Å². The first-order valence-corrected chi connectivity index (χ1v) is 7.65. The summed E-state index contributed by atoms with van der Waals surface area (Å²) in [5, 5.41) is 9.54. The Morgan fingerprint density at radius 3 is 2.81 bits per heavy atom. The third kappa shape index (κ3) is 2.94. The third-order valence-corrected chi connectivity index (χ3v) is 3.88. The van der Waals surface area contributed by atoms with Crippen LogP contribution in [0.5, 0.6) is 5.75 Å². The molecule has 5 nitrogen and oxygen atoms in total. The van der Waals surface area contributed by atoms with E-state index in [-0.39, 0.29) is 17.0 Å². The Kier molecular flexibility index (Phi) is 4.65. The van der Waals surface area contributed by atoms with Crippen LogP contribution in [0.3, 0.4) is 0 Å². The zero-order valence-corrected chi connectivity index (χ0v) is 13.4. The number of benzene rings is 1. The zero-order valence-electron chi connectivity index (χ0n) is 11.0.